The lowest BCUT2D eigenvalue weighted by molar-refractivity contribution is 0.649. The summed E-state index contributed by atoms with van der Waals surface area (Å²) in [4.78, 5) is 9.37. The number of para-hydroxylation sites is 1. The van der Waals surface area contributed by atoms with Crippen molar-refractivity contribution in [3.05, 3.63) is 71.9 Å². The van der Waals surface area contributed by atoms with E-state index >= 15 is 0 Å². The minimum Gasteiger partial charge on any atom is -0.333 e. The largest absolute Gasteiger partial charge is 0.333 e. The number of hydrogen-bond donors (Lipinski definition) is 0. The molecule has 0 aliphatic carbocycles. The lowest BCUT2D eigenvalue weighted by Gasteiger charge is -2.28. The molecule has 1 aliphatic rings. The smallest absolute Gasteiger partial charge is 0.247 e. The molecule has 0 bridgehead atoms. The zero-order valence-corrected chi connectivity index (χ0v) is 16.1. The zero-order chi connectivity index (χ0) is 18.8. The fraction of sp³-hybridized carbons (Fsp3) is 0.318. The molecule has 0 fully saturated rings. The van der Waals surface area contributed by atoms with Crippen molar-refractivity contribution in [1.82, 2.24) is 15.2 Å². The molecular formula is C22H25N5. The zero-order valence-electron chi connectivity index (χ0n) is 16.1. The minimum atomic E-state index is 0.269. The molecule has 27 heavy (non-hydrogen) atoms. The number of aromatic nitrogens is 3. The van der Waals surface area contributed by atoms with Crippen LogP contribution in [0.3, 0.4) is 0 Å². The van der Waals surface area contributed by atoms with Gasteiger partial charge in [0.25, 0.3) is 0 Å². The third-order valence-corrected chi connectivity index (χ3v) is 5.06. The Bertz CT molecular complexity index is 909. The highest BCUT2D eigenvalue weighted by Gasteiger charge is 2.28. The maximum Gasteiger partial charge on any atom is 0.247 e. The number of hydrogen-bond acceptors (Lipinski definition) is 5. The molecule has 0 saturated heterocycles. The molecule has 5 heteroatoms. The fourth-order valence-electron chi connectivity index (χ4n) is 3.70. The van der Waals surface area contributed by atoms with E-state index in [9.17, 15) is 0 Å². The maximum atomic E-state index is 4.90. The Hall–Kier alpha value is -2.95. The molecule has 0 amide bonds. The molecule has 2 heterocycles. The van der Waals surface area contributed by atoms with Gasteiger partial charge in [-0.2, -0.15) is 10.1 Å². The summed E-state index contributed by atoms with van der Waals surface area (Å²) in [6.07, 6.45) is 2.79. The van der Waals surface area contributed by atoms with Gasteiger partial charge in [-0.15, -0.1) is 5.10 Å². The first kappa shape index (κ1) is 17.5. The predicted octanol–water partition coefficient (Wildman–Crippen LogP) is 4.37. The van der Waals surface area contributed by atoms with Crippen molar-refractivity contribution in [1.29, 1.82) is 0 Å². The normalized spacial score (nSPS) is 15.9. The molecule has 5 nitrogen and oxygen atoms in total. The van der Waals surface area contributed by atoms with Crippen molar-refractivity contribution in [3.8, 4) is 0 Å². The molecule has 1 unspecified atom stereocenters. The first-order valence-electron chi connectivity index (χ1n) is 9.51. The Morgan fingerprint density at radius 2 is 1.81 bits per heavy atom. The van der Waals surface area contributed by atoms with Crippen LogP contribution >= 0.6 is 0 Å². The van der Waals surface area contributed by atoms with Gasteiger partial charge in [0.15, 0.2) is 5.82 Å². The lowest BCUT2D eigenvalue weighted by Crippen LogP contribution is -2.33. The summed E-state index contributed by atoms with van der Waals surface area (Å²) in [5, 5.41) is 8.63. The van der Waals surface area contributed by atoms with Crippen molar-refractivity contribution in [2.75, 3.05) is 9.80 Å². The van der Waals surface area contributed by atoms with E-state index in [1.54, 1.807) is 6.20 Å². The Morgan fingerprint density at radius 1 is 1.07 bits per heavy atom. The summed E-state index contributed by atoms with van der Waals surface area (Å²) in [5.74, 6) is 1.53. The van der Waals surface area contributed by atoms with Crippen molar-refractivity contribution in [3.63, 3.8) is 0 Å². The van der Waals surface area contributed by atoms with E-state index in [1.165, 1.54) is 16.8 Å². The first-order chi connectivity index (χ1) is 13.1. The summed E-state index contributed by atoms with van der Waals surface area (Å²) < 4.78 is 0. The Labute approximate surface area is 160 Å². The van der Waals surface area contributed by atoms with Gasteiger partial charge in [-0.25, -0.2) is 0 Å². The second kappa shape index (κ2) is 7.35. The molecular weight excluding hydrogens is 334 g/mol. The van der Waals surface area contributed by atoms with E-state index in [2.05, 4.69) is 89.3 Å². The van der Waals surface area contributed by atoms with Crippen LogP contribution < -0.4 is 9.80 Å². The molecule has 0 saturated carbocycles. The molecule has 0 radical (unpaired) electrons. The summed E-state index contributed by atoms with van der Waals surface area (Å²) >= 11 is 0. The Morgan fingerprint density at radius 3 is 2.59 bits per heavy atom. The van der Waals surface area contributed by atoms with Gasteiger partial charge in [0.05, 0.1) is 6.20 Å². The van der Waals surface area contributed by atoms with Gasteiger partial charge in [-0.1, -0.05) is 48.5 Å². The average molecular weight is 359 g/mol. The predicted molar refractivity (Wildman–Crippen MR) is 109 cm³/mol. The van der Waals surface area contributed by atoms with E-state index in [1.807, 2.05) is 6.07 Å². The molecule has 1 atom stereocenters. The van der Waals surface area contributed by atoms with Crippen LogP contribution in [0.4, 0.5) is 17.5 Å². The third kappa shape index (κ3) is 3.50. The van der Waals surface area contributed by atoms with Crippen molar-refractivity contribution in [2.45, 2.75) is 45.8 Å². The maximum absolute atomic E-state index is 4.90. The van der Waals surface area contributed by atoms with Crippen LogP contribution in [0, 0.1) is 0 Å². The minimum absolute atomic E-state index is 0.269. The van der Waals surface area contributed by atoms with E-state index in [-0.39, 0.29) is 6.04 Å². The monoisotopic (exact) mass is 359 g/mol. The highest BCUT2D eigenvalue weighted by molar-refractivity contribution is 5.68. The van der Waals surface area contributed by atoms with Crippen LogP contribution in [-0.4, -0.2) is 27.3 Å². The molecule has 3 aromatic rings. The van der Waals surface area contributed by atoms with Gasteiger partial charge in [-0.05, 0) is 44.4 Å². The topological polar surface area (TPSA) is 45.2 Å². The number of rotatable bonds is 5. The van der Waals surface area contributed by atoms with E-state index in [4.69, 9.17) is 4.98 Å². The van der Waals surface area contributed by atoms with Crippen LogP contribution in [-0.2, 0) is 13.0 Å². The summed E-state index contributed by atoms with van der Waals surface area (Å²) in [6.45, 7) is 7.31. The standard InChI is InChI=1S/C22H25N5/c1-16(2)26(15-18-9-5-4-6-10-18)22-24-21(14-23-25-22)27-17(3)13-19-11-7-8-12-20(19)27/h4-12,14,16-17H,13,15H2,1-3H3. The van der Waals surface area contributed by atoms with Crippen molar-refractivity contribution >= 4 is 17.5 Å². The van der Waals surface area contributed by atoms with Crippen molar-refractivity contribution < 1.29 is 0 Å². The third-order valence-electron chi connectivity index (χ3n) is 5.06. The summed E-state index contributed by atoms with van der Waals surface area (Å²) in [7, 11) is 0. The highest BCUT2D eigenvalue weighted by atomic mass is 15.4. The van der Waals surface area contributed by atoms with Crippen LogP contribution in [0.25, 0.3) is 0 Å². The van der Waals surface area contributed by atoms with Gasteiger partial charge >= 0.3 is 0 Å². The number of nitrogens with zero attached hydrogens (tertiary/aromatic N) is 5. The number of fused-ring (bicyclic) bond motifs is 1. The van der Waals surface area contributed by atoms with E-state index in [0.29, 0.717) is 12.0 Å². The lowest BCUT2D eigenvalue weighted by atomic mass is 10.1. The number of anilines is 3. The SMILES string of the molecule is CC(C)N(Cc1ccccc1)c1nncc(N2c3ccccc3CC2C)n1. The summed E-state index contributed by atoms with van der Waals surface area (Å²) in [6, 6.07) is 19.6. The molecule has 138 valence electrons. The summed E-state index contributed by atoms with van der Waals surface area (Å²) in [5.41, 5.74) is 3.81. The second-order valence-corrected chi connectivity index (χ2v) is 7.37. The quantitative estimate of drug-likeness (QED) is 0.677. The molecule has 2 aromatic carbocycles. The molecule has 0 spiro atoms. The second-order valence-electron chi connectivity index (χ2n) is 7.37. The fourth-order valence-corrected chi connectivity index (χ4v) is 3.70. The van der Waals surface area contributed by atoms with Gasteiger partial charge in [0.2, 0.25) is 5.95 Å². The molecule has 1 aliphatic heterocycles. The Kier molecular flexibility index (Phi) is 4.75. The molecule has 1 aromatic heterocycles. The van der Waals surface area contributed by atoms with Crippen LogP contribution in [0.1, 0.15) is 31.9 Å². The van der Waals surface area contributed by atoms with E-state index in [0.717, 1.165) is 18.8 Å². The van der Waals surface area contributed by atoms with Gasteiger partial charge in [0, 0.05) is 24.3 Å². The first-order valence-corrected chi connectivity index (χ1v) is 9.51. The van der Waals surface area contributed by atoms with Gasteiger partial charge in [0.1, 0.15) is 0 Å². The van der Waals surface area contributed by atoms with Crippen LogP contribution in [0.15, 0.2) is 60.8 Å². The van der Waals surface area contributed by atoms with Gasteiger partial charge in [-0.3, -0.25) is 0 Å². The Balaban J connectivity index is 1.67. The van der Waals surface area contributed by atoms with Crippen LogP contribution in [0.2, 0.25) is 0 Å². The average Bonchev–Trinajstić information content (AvgIpc) is 3.02. The van der Waals surface area contributed by atoms with Gasteiger partial charge < -0.3 is 9.80 Å². The molecule has 4 rings (SSSR count). The number of benzene rings is 2. The van der Waals surface area contributed by atoms with Crippen LogP contribution in [0.5, 0.6) is 0 Å². The highest BCUT2D eigenvalue weighted by Crippen LogP contribution is 2.37. The molecule has 0 N–H and O–H groups in total. The van der Waals surface area contributed by atoms with E-state index < -0.39 is 0 Å². The van der Waals surface area contributed by atoms with Crippen molar-refractivity contribution in [2.24, 2.45) is 0 Å².